The molecule has 2 aliphatic heterocycles. The van der Waals surface area contributed by atoms with Crippen molar-refractivity contribution in [2.45, 2.75) is 56.6 Å². The number of carbonyl (C=O) groups is 2. The number of ether oxygens (including phenoxy) is 2. The molecule has 6 nitrogen and oxygen atoms in total. The molecule has 3 rings (SSSR count). The third kappa shape index (κ3) is 5.07. The number of nitrogens with one attached hydrogen (secondary N) is 1. The van der Waals surface area contributed by atoms with E-state index in [9.17, 15) is 35.9 Å². The van der Waals surface area contributed by atoms with Gasteiger partial charge in [-0.1, -0.05) is 0 Å². The maximum atomic E-state index is 12.5. The summed E-state index contributed by atoms with van der Waals surface area (Å²) in [5, 5.41) is 2.97. The molecule has 3 aliphatic rings. The molecule has 2 heterocycles. The Morgan fingerprint density at radius 1 is 1.03 bits per heavy atom. The number of hydrogen-bond acceptors (Lipinski definition) is 4. The fourth-order valence-electron chi connectivity index (χ4n) is 4.04. The van der Waals surface area contributed by atoms with Crippen LogP contribution in [0.15, 0.2) is 0 Å². The first-order chi connectivity index (χ1) is 13.4. The zero-order valence-electron chi connectivity index (χ0n) is 15.4. The van der Waals surface area contributed by atoms with Gasteiger partial charge >= 0.3 is 18.4 Å². The maximum absolute atomic E-state index is 12.5. The molecular weight excluding hydrogens is 410 g/mol. The van der Waals surface area contributed by atoms with E-state index in [4.69, 9.17) is 4.74 Å². The Kier molecular flexibility index (Phi) is 5.94. The first-order valence-corrected chi connectivity index (χ1v) is 9.39. The van der Waals surface area contributed by atoms with E-state index < -0.39 is 24.5 Å². The van der Waals surface area contributed by atoms with Gasteiger partial charge in [0, 0.05) is 38.3 Å². The summed E-state index contributed by atoms with van der Waals surface area (Å²) in [5.41, 5.74) is -0.348. The summed E-state index contributed by atoms with van der Waals surface area (Å²) in [6.07, 6.45) is -14.6. The highest BCUT2D eigenvalue weighted by Gasteiger charge is 2.61. The van der Waals surface area contributed by atoms with E-state index in [0.29, 0.717) is 32.5 Å². The molecule has 3 fully saturated rings. The molecule has 29 heavy (non-hydrogen) atoms. The monoisotopic (exact) mass is 432 g/mol. The van der Waals surface area contributed by atoms with Gasteiger partial charge in [-0.3, -0.25) is 4.79 Å². The second-order valence-electron chi connectivity index (χ2n) is 7.85. The first kappa shape index (κ1) is 22.0. The minimum Gasteiger partial charge on any atom is -0.426 e. The van der Waals surface area contributed by atoms with E-state index in [2.05, 4.69) is 10.1 Å². The van der Waals surface area contributed by atoms with Gasteiger partial charge in [0.1, 0.15) is 0 Å². The summed E-state index contributed by atoms with van der Waals surface area (Å²) < 4.78 is 84.2. The van der Waals surface area contributed by atoms with Crippen LogP contribution in [-0.2, 0) is 14.3 Å². The molecule has 1 saturated carbocycles. The summed E-state index contributed by atoms with van der Waals surface area (Å²) in [5.74, 6) is -0.344. The van der Waals surface area contributed by atoms with Crippen molar-refractivity contribution in [3.63, 3.8) is 0 Å². The van der Waals surface area contributed by atoms with Crippen LogP contribution in [0.4, 0.5) is 31.1 Å². The van der Waals surface area contributed by atoms with Crippen molar-refractivity contribution in [3.8, 4) is 0 Å². The molecule has 12 heteroatoms. The topological polar surface area (TPSA) is 67.9 Å². The summed E-state index contributed by atoms with van der Waals surface area (Å²) >= 11 is 0. The molecule has 2 amide bonds. The predicted octanol–water partition coefficient (Wildman–Crippen LogP) is 3.01. The molecule has 0 radical (unpaired) electrons. The van der Waals surface area contributed by atoms with Crippen LogP contribution in [0.5, 0.6) is 0 Å². The summed E-state index contributed by atoms with van der Waals surface area (Å²) in [7, 11) is 0. The Morgan fingerprint density at radius 3 is 2.10 bits per heavy atom. The molecule has 0 aromatic rings. The molecule has 1 N–H and O–H groups in total. The van der Waals surface area contributed by atoms with Crippen LogP contribution in [0, 0.1) is 11.3 Å². The second-order valence-corrected chi connectivity index (χ2v) is 7.85. The number of halogens is 6. The first-order valence-electron chi connectivity index (χ1n) is 9.39. The van der Waals surface area contributed by atoms with Gasteiger partial charge in [-0.15, -0.1) is 0 Å². The van der Waals surface area contributed by atoms with Crippen LogP contribution in [-0.4, -0.2) is 67.7 Å². The van der Waals surface area contributed by atoms with E-state index in [1.54, 1.807) is 0 Å². The maximum Gasteiger partial charge on any atom is 0.434 e. The van der Waals surface area contributed by atoms with Crippen LogP contribution in [0.25, 0.3) is 0 Å². The van der Waals surface area contributed by atoms with E-state index >= 15 is 0 Å². The van der Waals surface area contributed by atoms with Crippen LogP contribution in [0.3, 0.4) is 0 Å². The Bertz CT molecular complexity index is 610. The number of nitrogens with zero attached hydrogens (tertiary/aromatic N) is 1. The highest BCUT2D eigenvalue weighted by Crippen LogP contribution is 2.59. The normalized spacial score (nSPS) is 25.2. The van der Waals surface area contributed by atoms with Gasteiger partial charge in [0.25, 0.3) is 6.10 Å². The SMILES string of the molecule is O=C(NC1CCOCC1)[C@@H]1CC12CCN(C(=O)OC(C(F)(F)F)C(F)(F)F)CC2. The molecule has 0 bridgehead atoms. The average Bonchev–Trinajstić information content (AvgIpc) is 3.32. The van der Waals surface area contributed by atoms with Gasteiger partial charge in [-0.05, 0) is 37.5 Å². The number of hydrogen-bond donors (Lipinski definition) is 1. The molecule has 2 saturated heterocycles. The number of rotatable bonds is 3. The highest BCUT2D eigenvalue weighted by molar-refractivity contribution is 5.83. The van der Waals surface area contributed by atoms with Gasteiger partial charge in [0.2, 0.25) is 5.91 Å². The fourth-order valence-corrected chi connectivity index (χ4v) is 4.04. The van der Waals surface area contributed by atoms with Crippen LogP contribution in [0.1, 0.15) is 32.1 Å². The lowest BCUT2D eigenvalue weighted by atomic mass is 9.90. The number of likely N-dealkylation sites (tertiary alicyclic amines) is 1. The number of carbonyl (C=O) groups excluding carboxylic acids is 2. The lowest BCUT2D eigenvalue weighted by molar-refractivity contribution is -0.308. The van der Waals surface area contributed by atoms with Gasteiger partial charge < -0.3 is 19.7 Å². The van der Waals surface area contributed by atoms with Crippen molar-refractivity contribution in [2.75, 3.05) is 26.3 Å². The van der Waals surface area contributed by atoms with Crippen LogP contribution < -0.4 is 5.32 Å². The van der Waals surface area contributed by atoms with Crippen molar-refractivity contribution in [1.29, 1.82) is 0 Å². The van der Waals surface area contributed by atoms with Crippen molar-refractivity contribution in [3.05, 3.63) is 0 Å². The summed E-state index contributed by atoms with van der Waals surface area (Å²) in [6.45, 7) is 1.05. The Labute approximate surface area is 162 Å². The molecule has 1 atom stereocenters. The highest BCUT2D eigenvalue weighted by atomic mass is 19.4. The van der Waals surface area contributed by atoms with Crippen LogP contribution in [0.2, 0.25) is 0 Å². The molecule has 166 valence electrons. The van der Waals surface area contributed by atoms with Crippen molar-refractivity contribution in [2.24, 2.45) is 11.3 Å². The average molecular weight is 432 g/mol. The zero-order chi connectivity index (χ0) is 21.4. The van der Waals surface area contributed by atoms with E-state index in [-0.39, 0.29) is 36.4 Å². The predicted molar refractivity (Wildman–Crippen MR) is 85.7 cm³/mol. The lowest BCUT2D eigenvalue weighted by Gasteiger charge is -2.34. The van der Waals surface area contributed by atoms with Gasteiger partial charge in [0.05, 0.1) is 0 Å². The van der Waals surface area contributed by atoms with Gasteiger partial charge in [0.15, 0.2) is 0 Å². The van der Waals surface area contributed by atoms with E-state index in [1.165, 1.54) is 0 Å². The molecule has 0 aromatic heterocycles. The molecule has 1 spiro atoms. The Morgan fingerprint density at radius 2 is 1.59 bits per heavy atom. The molecule has 1 aliphatic carbocycles. The van der Waals surface area contributed by atoms with Crippen molar-refractivity contribution >= 4 is 12.0 Å². The minimum absolute atomic E-state index is 0.0469. The molecular formula is C17H22F6N2O4. The van der Waals surface area contributed by atoms with Gasteiger partial charge in [-0.25, -0.2) is 4.79 Å². The van der Waals surface area contributed by atoms with Crippen LogP contribution >= 0.6 is 0 Å². The summed E-state index contributed by atoms with van der Waals surface area (Å²) in [4.78, 5) is 25.1. The van der Waals surface area contributed by atoms with E-state index in [0.717, 1.165) is 17.7 Å². The fraction of sp³-hybridized carbons (Fsp3) is 0.882. The summed E-state index contributed by atoms with van der Waals surface area (Å²) in [6, 6.07) is 0.0469. The van der Waals surface area contributed by atoms with Gasteiger partial charge in [-0.2, -0.15) is 26.3 Å². The quantitative estimate of drug-likeness (QED) is 0.697. The lowest BCUT2D eigenvalue weighted by Crippen LogP contribution is -2.49. The molecule has 0 unspecified atom stereocenters. The smallest absolute Gasteiger partial charge is 0.426 e. The Balaban J connectivity index is 1.49. The third-order valence-electron chi connectivity index (χ3n) is 5.90. The van der Waals surface area contributed by atoms with E-state index in [1.807, 2.05) is 0 Å². The van der Waals surface area contributed by atoms with Crippen molar-refractivity contribution < 1.29 is 45.4 Å². The standard InChI is InChI=1S/C17H22F6N2O4/c18-16(19,20)13(17(21,22)23)29-14(27)25-5-3-15(4-6-25)9-11(15)12(26)24-10-1-7-28-8-2-10/h10-11,13H,1-9H2,(H,24,26)/t11-/m0/s1. The largest absolute Gasteiger partial charge is 0.434 e. The Hall–Kier alpha value is -1.72. The minimum atomic E-state index is -5.74. The van der Waals surface area contributed by atoms with Crippen molar-refractivity contribution in [1.82, 2.24) is 10.2 Å². The number of amides is 2. The number of alkyl halides is 6. The molecule has 0 aromatic carbocycles. The second kappa shape index (κ2) is 7.84. The third-order valence-corrected chi connectivity index (χ3v) is 5.90. The number of piperidine rings is 1. The zero-order valence-corrected chi connectivity index (χ0v) is 15.4.